The van der Waals surface area contributed by atoms with Crippen LogP contribution in [0, 0.1) is 0 Å². The summed E-state index contributed by atoms with van der Waals surface area (Å²) in [5, 5.41) is 11.0. The SMILES string of the molecule is CC(C)Oc1cncc(C2(O)CC(C)N(C3CC3)C2)c1. The molecule has 1 aromatic heterocycles. The van der Waals surface area contributed by atoms with Crippen molar-refractivity contribution in [1.82, 2.24) is 9.88 Å². The number of hydrogen-bond donors (Lipinski definition) is 1. The van der Waals surface area contributed by atoms with E-state index >= 15 is 0 Å². The van der Waals surface area contributed by atoms with E-state index in [9.17, 15) is 5.11 Å². The molecular weight excluding hydrogens is 252 g/mol. The molecule has 2 heterocycles. The third kappa shape index (κ3) is 2.67. The Morgan fingerprint density at radius 2 is 2.15 bits per heavy atom. The van der Waals surface area contributed by atoms with Crippen molar-refractivity contribution in [2.24, 2.45) is 0 Å². The molecule has 1 aliphatic heterocycles. The van der Waals surface area contributed by atoms with Crippen molar-refractivity contribution in [2.45, 2.75) is 63.8 Å². The molecule has 0 amide bonds. The first-order chi connectivity index (χ1) is 9.48. The molecule has 0 spiro atoms. The van der Waals surface area contributed by atoms with Crippen LogP contribution in [0.4, 0.5) is 0 Å². The Labute approximate surface area is 120 Å². The molecule has 4 nitrogen and oxygen atoms in total. The molecule has 20 heavy (non-hydrogen) atoms. The normalized spacial score (nSPS) is 30.9. The monoisotopic (exact) mass is 276 g/mol. The second-order valence-corrected chi connectivity index (χ2v) is 6.56. The average molecular weight is 276 g/mol. The summed E-state index contributed by atoms with van der Waals surface area (Å²) in [6.07, 6.45) is 6.92. The Morgan fingerprint density at radius 3 is 2.80 bits per heavy atom. The van der Waals surface area contributed by atoms with Gasteiger partial charge in [0.2, 0.25) is 0 Å². The second kappa shape index (κ2) is 5.01. The van der Waals surface area contributed by atoms with Crippen molar-refractivity contribution in [3.05, 3.63) is 24.0 Å². The zero-order chi connectivity index (χ0) is 14.3. The Kier molecular flexibility index (Phi) is 3.46. The van der Waals surface area contributed by atoms with E-state index in [2.05, 4.69) is 16.8 Å². The largest absolute Gasteiger partial charge is 0.489 e. The fraction of sp³-hybridized carbons (Fsp3) is 0.688. The zero-order valence-corrected chi connectivity index (χ0v) is 12.5. The van der Waals surface area contributed by atoms with Gasteiger partial charge in [-0.15, -0.1) is 0 Å². The van der Waals surface area contributed by atoms with E-state index in [0.717, 1.165) is 17.7 Å². The van der Waals surface area contributed by atoms with Crippen LogP contribution < -0.4 is 4.74 Å². The minimum Gasteiger partial charge on any atom is -0.489 e. The third-order valence-electron chi connectivity index (χ3n) is 4.28. The quantitative estimate of drug-likeness (QED) is 0.916. The van der Waals surface area contributed by atoms with Gasteiger partial charge in [-0.25, -0.2) is 0 Å². The number of β-amino-alcohol motifs (C(OH)–C–C–N with tert-alkyl or cyclic N) is 1. The fourth-order valence-corrected chi connectivity index (χ4v) is 3.24. The molecular formula is C16H24N2O2. The summed E-state index contributed by atoms with van der Waals surface area (Å²) in [5.74, 6) is 0.739. The molecule has 1 saturated heterocycles. The number of hydrogen-bond acceptors (Lipinski definition) is 4. The molecule has 2 unspecified atom stereocenters. The maximum absolute atomic E-state index is 11.0. The summed E-state index contributed by atoms with van der Waals surface area (Å²) < 4.78 is 5.69. The van der Waals surface area contributed by atoms with Gasteiger partial charge in [-0.1, -0.05) is 0 Å². The maximum Gasteiger partial charge on any atom is 0.138 e. The molecule has 0 bridgehead atoms. The molecule has 1 aromatic rings. The number of likely N-dealkylation sites (tertiary alicyclic amines) is 1. The minimum absolute atomic E-state index is 0.118. The van der Waals surface area contributed by atoms with Crippen molar-refractivity contribution in [2.75, 3.05) is 6.54 Å². The lowest BCUT2D eigenvalue weighted by molar-refractivity contribution is 0.0444. The summed E-state index contributed by atoms with van der Waals surface area (Å²) in [7, 11) is 0. The van der Waals surface area contributed by atoms with Gasteiger partial charge < -0.3 is 9.84 Å². The van der Waals surface area contributed by atoms with Crippen LogP contribution in [0.3, 0.4) is 0 Å². The first kappa shape index (κ1) is 13.8. The van der Waals surface area contributed by atoms with Crippen LogP contribution in [0.1, 0.15) is 45.6 Å². The molecule has 4 heteroatoms. The van der Waals surface area contributed by atoms with Crippen molar-refractivity contribution in [3.8, 4) is 5.75 Å². The third-order valence-corrected chi connectivity index (χ3v) is 4.28. The van der Waals surface area contributed by atoms with Crippen LogP contribution >= 0.6 is 0 Å². The Morgan fingerprint density at radius 1 is 1.40 bits per heavy atom. The zero-order valence-electron chi connectivity index (χ0n) is 12.5. The number of aliphatic hydroxyl groups is 1. The van der Waals surface area contributed by atoms with Crippen molar-refractivity contribution >= 4 is 0 Å². The summed E-state index contributed by atoms with van der Waals surface area (Å²) in [6, 6.07) is 3.06. The summed E-state index contributed by atoms with van der Waals surface area (Å²) >= 11 is 0. The molecule has 2 atom stereocenters. The molecule has 2 fully saturated rings. The highest BCUT2D eigenvalue weighted by Crippen LogP contribution is 2.42. The predicted molar refractivity (Wildman–Crippen MR) is 77.7 cm³/mol. The maximum atomic E-state index is 11.0. The van der Waals surface area contributed by atoms with Crippen LogP contribution in [0.15, 0.2) is 18.5 Å². The van der Waals surface area contributed by atoms with Crippen LogP contribution in [-0.2, 0) is 5.60 Å². The molecule has 3 rings (SSSR count). The van der Waals surface area contributed by atoms with Crippen molar-refractivity contribution < 1.29 is 9.84 Å². The predicted octanol–water partition coefficient (Wildman–Crippen LogP) is 2.31. The highest BCUT2D eigenvalue weighted by molar-refractivity contribution is 5.30. The molecule has 2 aliphatic rings. The summed E-state index contributed by atoms with van der Waals surface area (Å²) in [5.41, 5.74) is 0.0939. The van der Waals surface area contributed by atoms with Gasteiger partial charge in [0, 0.05) is 30.4 Å². The number of ether oxygens (including phenoxy) is 1. The Balaban J connectivity index is 1.81. The lowest BCUT2D eigenvalue weighted by Gasteiger charge is -2.24. The molecule has 110 valence electrons. The van der Waals surface area contributed by atoms with E-state index in [4.69, 9.17) is 4.74 Å². The molecule has 1 saturated carbocycles. The Hall–Kier alpha value is -1.13. The first-order valence-electron chi connectivity index (χ1n) is 7.58. The van der Waals surface area contributed by atoms with E-state index in [1.165, 1.54) is 12.8 Å². The standard InChI is InChI=1S/C16H24N2O2/c1-11(2)20-15-6-13(8-17-9-15)16(19)7-12(3)18(10-16)14-4-5-14/h6,8-9,11-12,14,19H,4-5,7,10H2,1-3H3. The highest BCUT2D eigenvalue weighted by atomic mass is 16.5. The minimum atomic E-state index is -0.786. The van der Waals surface area contributed by atoms with E-state index in [0.29, 0.717) is 18.6 Å². The van der Waals surface area contributed by atoms with E-state index in [1.54, 1.807) is 12.4 Å². The lowest BCUT2D eigenvalue weighted by Crippen LogP contribution is -2.33. The van der Waals surface area contributed by atoms with E-state index in [-0.39, 0.29) is 6.10 Å². The topological polar surface area (TPSA) is 45.6 Å². The van der Waals surface area contributed by atoms with Gasteiger partial charge in [0.1, 0.15) is 11.4 Å². The fourth-order valence-electron chi connectivity index (χ4n) is 3.24. The van der Waals surface area contributed by atoms with E-state index in [1.807, 2.05) is 19.9 Å². The van der Waals surface area contributed by atoms with E-state index < -0.39 is 5.60 Å². The summed E-state index contributed by atoms with van der Waals surface area (Å²) in [4.78, 5) is 6.67. The average Bonchev–Trinajstić information content (AvgIpc) is 3.15. The summed E-state index contributed by atoms with van der Waals surface area (Å²) in [6.45, 7) is 6.91. The van der Waals surface area contributed by atoms with Gasteiger partial charge in [0.05, 0.1) is 12.3 Å². The molecule has 1 aliphatic carbocycles. The van der Waals surface area contributed by atoms with Gasteiger partial charge in [0.15, 0.2) is 0 Å². The smallest absolute Gasteiger partial charge is 0.138 e. The number of nitrogens with zero attached hydrogens (tertiary/aromatic N) is 2. The number of rotatable bonds is 4. The molecule has 1 N–H and O–H groups in total. The van der Waals surface area contributed by atoms with Gasteiger partial charge in [0.25, 0.3) is 0 Å². The van der Waals surface area contributed by atoms with Crippen molar-refractivity contribution in [1.29, 1.82) is 0 Å². The van der Waals surface area contributed by atoms with Crippen LogP contribution in [0.25, 0.3) is 0 Å². The van der Waals surface area contributed by atoms with Gasteiger partial charge >= 0.3 is 0 Å². The molecule has 0 aromatic carbocycles. The van der Waals surface area contributed by atoms with Crippen LogP contribution in [0.5, 0.6) is 5.75 Å². The Bertz CT molecular complexity index is 487. The van der Waals surface area contributed by atoms with Gasteiger partial charge in [-0.2, -0.15) is 0 Å². The molecule has 0 radical (unpaired) electrons. The van der Waals surface area contributed by atoms with Crippen molar-refractivity contribution in [3.63, 3.8) is 0 Å². The second-order valence-electron chi connectivity index (χ2n) is 6.56. The first-order valence-corrected chi connectivity index (χ1v) is 7.58. The van der Waals surface area contributed by atoms with Gasteiger partial charge in [-0.05, 0) is 46.1 Å². The van der Waals surface area contributed by atoms with Gasteiger partial charge in [-0.3, -0.25) is 9.88 Å². The van der Waals surface area contributed by atoms with Crippen LogP contribution in [0.2, 0.25) is 0 Å². The van der Waals surface area contributed by atoms with Crippen LogP contribution in [-0.4, -0.2) is 39.7 Å². The number of pyridine rings is 1. The lowest BCUT2D eigenvalue weighted by atomic mass is 9.93. The highest BCUT2D eigenvalue weighted by Gasteiger charge is 2.47. The number of aromatic nitrogens is 1.